The molecule has 0 radical (unpaired) electrons. The van der Waals surface area contributed by atoms with E-state index in [1.54, 1.807) is 38.5 Å². The van der Waals surface area contributed by atoms with Crippen molar-refractivity contribution in [1.29, 1.82) is 0 Å². The average Bonchev–Trinajstić information content (AvgIpc) is 2.96. The SMILES string of the molecule is COC(=O)c1ccc2c(c1)CN(Cc1ccc(OC)cc1OC)S2=O.O. The van der Waals surface area contributed by atoms with Gasteiger partial charge in [-0.2, -0.15) is 0 Å². The number of hydrogen-bond donors (Lipinski definition) is 0. The maximum Gasteiger partial charge on any atom is 0.337 e. The monoisotopic (exact) mass is 379 g/mol. The predicted molar refractivity (Wildman–Crippen MR) is 96.6 cm³/mol. The van der Waals surface area contributed by atoms with Gasteiger partial charge in [0, 0.05) is 24.7 Å². The van der Waals surface area contributed by atoms with E-state index in [1.807, 2.05) is 16.4 Å². The Bertz CT molecular complexity index is 838. The lowest BCUT2D eigenvalue weighted by Gasteiger charge is -2.16. The lowest BCUT2D eigenvalue weighted by molar-refractivity contribution is 0.0600. The molecule has 0 aromatic heterocycles. The van der Waals surface area contributed by atoms with Crippen molar-refractivity contribution in [2.75, 3.05) is 21.3 Å². The van der Waals surface area contributed by atoms with E-state index >= 15 is 0 Å². The molecule has 0 aliphatic carbocycles. The second-order valence-electron chi connectivity index (χ2n) is 5.54. The van der Waals surface area contributed by atoms with Gasteiger partial charge in [-0.15, -0.1) is 0 Å². The molecule has 0 saturated heterocycles. The fraction of sp³-hybridized carbons (Fsp3) is 0.278. The molecule has 0 saturated carbocycles. The first-order valence-electron chi connectivity index (χ1n) is 7.66. The number of benzene rings is 2. The highest BCUT2D eigenvalue weighted by Gasteiger charge is 2.28. The summed E-state index contributed by atoms with van der Waals surface area (Å²) in [5.41, 5.74) is 2.24. The number of carbonyl (C=O) groups is 1. The first kappa shape index (κ1) is 19.9. The van der Waals surface area contributed by atoms with Gasteiger partial charge >= 0.3 is 5.97 Å². The summed E-state index contributed by atoms with van der Waals surface area (Å²) in [4.78, 5) is 12.4. The van der Waals surface area contributed by atoms with Crippen molar-refractivity contribution in [2.45, 2.75) is 18.0 Å². The first-order chi connectivity index (χ1) is 12.1. The van der Waals surface area contributed by atoms with Crippen LogP contribution >= 0.6 is 0 Å². The summed E-state index contributed by atoms with van der Waals surface area (Å²) < 4.78 is 29.9. The molecule has 2 N–H and O–H groups in total. The molecule has 0 bridgehead atoms. The van der Waals surface area contributed by atoms with E-state index in [4.69, 9.17) is 14.2 Å². The average molecular weight is 379 g/mol. The van der Waals surface area contributed by atoms with E-state index in [2.05, 4.69) is 0 Å². The number of ether oxygens (including phenoxy) is 3. The zero-order chi connectivity index (χ0) is 18.0. The number of rotatable bonds is 5. The molecular weight excluding hydrogens is 358 g/mol. The topological polar surface area (TPSA) is 96.6 Å². The Morgan fingerprint density at radius 1 is 1.12 bits per heavy atom. The van der Waals surface area contributed by atoms with Crippen LogP contribution in [-0.4, -0.2) is 41.3 Å². The summed E-state index contributed by atoms with van der Waals surface area (Å²) in [6, 6.07) is 10.7. The number of hydrogen-bond acceptors (Lipinski definition) is 5. The van der Waals surface area contributed by atoms with E-state index in [9.17, 15) is 9.00 Å². The Labute approximate surface area is 154 Å². The lowest BCUT2D eigenvalue weighted by Crippen LogP contribution is -2.19. The summed E-state index contributed by atoms with van der Waals surface area (Å²) in [5.74, 6) is 0.987. The summed E-state index contributed by atoms with van der Waals surface area (Å²) >= 11 is 0. The number of fused-ring (bicyclic) bond motifs is 1. The fourth-order valence-corrected chi connectivity index (χ4v) is 4.12. The molecule has 1 heterocycles. The minimum Gasteiger partial charge on any atom is -0.497 e. The van der Waals surface area contributed by atoms with E-state index in [0.717, 1.165) is 16.0 Å². The van der Waals surface area contributed by atoms with Crippen LogP contribution in [-0.2, 0) is 28.8 Å². The smallest absolute Gasteiger partial charge is 0.337 e. The van der Waals surface area contributed by atoms with Crippen molar-refractivity contribution in [3.63, 3.8) is 0 Å². The number of esters is 1. The van der Waals surface area contributed by atoms with E-state index in [-0.39, 0.29) is 5.48 Å². The molecule has 8 heteroatoms. The van der Waals surface area contributed by atoms with Crippen molar-refractivity contribution in [2.24, 2.45) is 0 Å². The molecule has 1 aliphatic rings. The molecule has 1 atom stereocenters. The van der Waals surface area contributed by atoms with Gasteiger partial charge in [-0.25, -0.2) is 13.3 Å². The zero-order valence-electron chi connectivity index (χ0n) is 14.8. The van der Waals surface area contributed by atoms with Crippen molar-refractivity contribution < 1.29 is 28.7 Å². The fourth-order valence-electron chi connectivity index (χ4n) is 2.79. The van der Waals surface area contributed by atoms with Crippen LogP contribution in [0.15, 0.2) is 41.3 Å². The van der Waals surface area contributed by atoms with Gasteiger partial charge in [0.25, 0.3) is 0 Å². The van der Waals surface area contributed by atoms with Crippen LogP contribution < -0.4 is 9.47 Å². The van der Waals surface area contributed by atoms with Gasteiger partial charge in [0.1, 0.15) is 22.5 Å². The summed E-state index contributed by atoms with van der Waals surface area (Å²) in [5, 5.41) is 0. The molecule has 140 valence electrons. The quantitative estimate of drug-likeness (QED) is 0.737. The van der Waals surface area contributed by atoms with Gasteiger partial charge < -0.3 is 19.7 Å². The van der Waals surface area contributed by atoms with Crippen molar-refractivity contribution in [3.8, 4) is 11.5 Å². The van der Waals surface area contributed by atoms with Gasteiger partial charge in [-0.05, 0) is 29.8 Å². The van der Waals surface area contributed by atoms with Crippen LogP contribution in [0.25, 0.3) is 0 Å². The second-order valence-corrected chi connectivity index (χ2v) is 6.99. The molecule has 2 aromatic rings. The van der Waals surface area contributed by atoms with Crippen LogP contribution in [0, 0.1) is 0 Å². The molecule has 0 fully saturated rings. The maximum absolute atomic E-state index is 12.7. The van der Waals surface area contributed by atoms with E-state index in [0.29, 0.717) is 30.2 Å². The van der Waals surface area contributed by atoms with Crippen molar-refractivity contribution in [3.05, 3.63) is 53.1 Å². The highest BCUT2D eigenvalue weighted by Crippen LogP contribution is 2.32. The summed E-state index contributed by atoms with van der Waals surface area (Å²) in [6.45, 7) is 0.948. The van der Waals surface area contributed by atoms with Crippen LogP contribution in [0.4, 0.5) is 0 Å². The Balaban J connectivity index is 0.00000243. The maximum atomic E-state index is 12.7. The third-order valence-corrected chi connectivity index (χ3v) is 5.59. The minimum atomic E-state index is -1.28. The number of carbonyl (C=O) groups excluding carboxylic acids is 1. The van der Waals surface area contributed by atoms with Crippen LogP contribution in [0.2, 0.25) is 0 Å². The number of nitrogens with zero attached hydrogens (tertiary/aromatic N) is 1. The van der Waals surface area contributed by atoms with Crippen molar-refractivity contribution >= 4 is 17.0 Å². The molecular formula is C18H21NO6S. The van der Waals surface area contributed by atoms with E-state index < -0.39 is 17.0 Å². The summed E-state index contributed by atoms with van der Waals surface area (Å²) in [6.07, 6.45) is 0. The van der Waals surface area contributed by atoms with Gasteiger partial charge in [-0.1, -0.05) is 6.07 Å². The third kappa shape index (κ3) is 3.72. The lowest BCUT2D eigenvalue weighted by atomic mass is 10.1. The normalized spacial score (nSPS) is 15.7. The Kier molecular flexibility index (Phi) is 6.36. The van der Waals surface area contributed by atoms with Gasteiger partial charge in [0.05, 0.1) is 31.8 Å². The molecule has 2 aromatic carbocycles. The molecule has 1 aliphatic heterocycles. The Morgan fingerprint density at radius 2 is 1.88 bits per heavy atom. The number of methoxy groups -OCH3 is 3. The van der Waals surface area contributed by atoms with Gasteiger partial charge in [0.15, 0.2) is 0 Å². The standard InChI is InChI=1S/C18H19NO5S.H2O/c1-22-15-6-4-13(16(9-15)23-2)10-19-11-14-8-12(18(20)24-3)5-7-17(14)25(19)21;/h4-9H,10-11H2,1-3H3;1H2. The molecule has 7 nitrogen and oxygen atoms in total. The van der Waals surface area contributed by atoms with E-state index in [1.165, 1.54) is 7.11 Å². The molecule has 0 amide bonds. The van der Waals surface area contributed by atoms with Crippen LogP contribution in [0.1, 0.15) is 21.5 Å². The highest BCUT2D eigenvalue weighted by molar-refractivity contribution is 7.83. The van der Waals surface area contributed by atoms with Crippen LogP contribution in [0.3, 0.4) is 0 Å². The predicted octanol–water partition coefficient (Wildman–Crippen LogP) is 1.70. The van der Waals surface area contributed by atoms with Gasteiger partial charge in [0.2, 0.25) is 0 Å². The zero-order valence-corrected chi connectivity index (χ0v) is 15.6. The third-order valence-electron chi connectivity index (χ3n) is 4.09. The van der Waals surface area contributed by atoms with Gasteiger partial charge in [-0.3, -0.25) is 0 Å². The first-order valence-corrected chi connectivity index (χ1v) is 8.77. The Hall–Kier alpha value is -2.42. The Morgan fingerprint density at radius 3 is 2.54 bits per heavy atom. The molecule has 0 spiro atoms. The van der Waals surface area contributed by atoms with Crippen LogP contribution in [0.5, 0.6) is 11.5 Å². The second kappa shape index (κ2) is 8.31. The van der Waals surface area contributed by atoms with Crippen molar-refractivity contribution in [1.82, 2.24) is 4.31 Å². The highest BCUT2D eigenvalue weighted by atomic mass is 32.2. The molecule has 26 heavy (non-hydrogen) atoms. The largest absolute Gasteiger partial charge is 0.497 e. The molecule has 1 unspecified atom stereocenters. The summed E-state index contributed by atoms with van der Waals surface area (Å²) in [7, 11) is 3.25. The minimum absolute atomic E-state index is 0. The molecule has 3 rings (SSSR count).